The highest BCUT2D eigenvalue weighted by Gasteiger charge is 2.40. The minimum absolute atomic E-state index is 0.624. The van der Waals surface area contributed by atoms with Crippen molar-refractivity contribution in [3.8, 4) is 0 Å². The van der Waals surface area contributed by atoms with E-state index in [9.17, 15) is 0 Å². The second-order valence-electron chi connectivity index (χ2n) is 5.25. The summed E-state index contributed by atoms with van der Waals surface area (Å²) >= 11 is 1.94. The van der Waals surface area contributed by atoms with Crippen LogP contribution in [0.5, 0.6) is 0 Å². The van der Waals surface area contributed by atoms with E-state index < -0.39 is 0 Å². The number of hydrogen-bond acceptors (Lipinski definition) is 3. The summed E-state index contributed by atoms with van der Waals surface area (Å²) in [5.74, 6) is 0.735. The van der Waals surface area contributed by atoms with Crippen molar-refractivity contribution in [3.05, 3.63) is 0 Å². The lowest BCUT2D eigenvalue weighted by molar-refractivity contribution is 0.483. The van der Waals surface area contributed by atoms with Crippen molar-refractivity contribution in [2.45, 2.75) is 45.3 Å². The van der Waals surface area contributed by atoms with Gasteiger partial charge in [-0.3, -0.25) is 4.99 Å². The van der Waals surface area contributed by atoms with E-state index in [1.54, 1.807) is 0 Å². The second-order valence-corrected chi connectivity index (χ2v) is 6.48. The van der Waals surface area contributed by atoms with Gasteiger partial charge in [0.25, 0.3) is 0 Å². The molecule has 0 radical (unpaired) electrons. The molecule has 2 aliphatic rings. The maximum atomic E-state index is 4.57. The molecule has 1 aliphatic heterocycles. The van der Waals surface area contributed by atoms with E-state index >= 15 is 0 Å². The topological polar surface area (TPSA) is 24.4 Å². The molecular formula is C12H22N2S. The number of nitrogens with zero attached hydrogens (tertiary/aromatic N) is 1. The van der Waals surface area contributed by atoms with Gasteiger partial charge in [-0.2, -0.15) is 0 Å². The van der Waals surface area contributed by atoms with Gasteiger partial charge in [0.05, 0.1) is 6.54 Å². The fraction of sp³-hybridized carbons (Fsp3) is 0.917. The Hall–Kier alpha value is -0.180. The van der Waals surface area contributed by atoms with Crippen LogP contribution in [0.15, 0.2) is 4.99 Å². The maximum absolute atomic E-state index is 4.57. The molecule has 0 aromatic rings. The molecule has 0 spiro atoms. The highest BCUT2D eigenvalue weighted by atomic mass is 32.2. The molecule has 1 atom stereocenters. The summed E-state index contributed by atoms with van der Waals surface area (Å²) in [6.45, 7) is 9.01. The predicted molar refractivity (Wildman–Crippen MR) is 68.5 cm³/mol. The molecule has 0 amide bonds. The highest BCUT2D eigenvalue weighted by Crippen LogP contribution is 2.48. The average molecular weight is 226 g/mol. The van der Waals surface area contributed by atoms with E-state index in [1.165, 1.54) is 24.4 Å². The first-order valence-electron chi connectivity index (χ1n) is 6.10. The number of rotatable bonds is 4. The van der Waals surface area contributed by atoms with Gasteiger partial charge in [0.1, 0.15) is 0 Å². The molecule has 15 heavy (non-hydrogen) atoms. The summed E-state index contributed by atoms with van der Waals surface area (Å²) in [4.78, 5) is 4.57. The molecule has 1 fully saturated rings. The molecule has 0 bridgehead atoms. The van der Waals surface area contributed by atoms with Crippen LogP contribution in [0.1, 0.15) is 40.0 Å². The Bertz CT molecular complexity index is 256. The van der Waals surface area contributed by atoms with E-state index in [4.69, 9.17) is 0 Å². The standard InChI is InChI=1S/C12H22N2S/c1-4-12(5-6-12)8-14-11-13-7-10(15-11)9(2)3/h9-10H,4-8H2,1-3H3,(H,13,14). The largest absolute Gasteiger partial charge is 0.364 e. The third-order valence-electron chi connectivity index (χ3n) is 3.74. The Morgan fingerprint density at radius 1 is 1.53 bits per heavy atom. The van der Waals surface area contributed by atoms with Crippen LogP contribution in [-0.4, -0.2) is 23.5 Å². The lowest BCUT2D eigenvalue weighted by Crippen LogP contribution is -2.27. The summed E-state index contributed by atoms with van der Waals surface area (Å²) in [6, 6.07) is 0. The summed E-state index contributed by atoms with van der Waals surface area (Å²) < 4.78 is 0. The van der Waals surface area contributed by atoms with E-state index in [0.717, 1.165) is 19.0 Å². The monoisotopic (exact) mass is 226 g/mol. The molecule has 1 heterocycles. The number of nitrogens with one attached hydrogen (secondary N) is 1. The van der Waals surface area contributed by atoms with Gasteiger partial charge in [-0.25, -0.2) is 0 Å². The molecule has 86 valence electrons. The normalized spacial score (nSPS) is 28.0. The van der Waals surface area contributed by atoms with Gasteiger partial charge in [0.2, 0.25) is 0 Å². The van der Waals surface area contributed by atoms with Crippen molar-refractivity contribution in [2.75, 3.05) is 13.1 Å². The zero-order valence-electron chi connectivity index (χ0n) is 10.0. The molecule has 1 N–H and O–H groups in total. The van der Waals surface area contributed by atoms with Crippen LogP contribution in [0.3, 0.4) is 0 Å². The fourth-order valence-electron chi connectivity index (χ4n) is 1.93. The second kappa shape index (κ2) is 4.36. The number of thioether (sulfide) groups is 1. The summed E-state index contributed by atoms with van der Waals surface area (Å²) in [7, 11) is 0. The first kappa shape index (κ1) is 11.3. The van der Waals surface area contributed by atoms with Gasteiger partial charge in [0, 0.05) is 11.8 Å². The first-order valence-corrected chi connectivity index (χ1v) is 6.98. The van der Waals surface area contributed by atoms with Crippen LogP contribution < -0.4 is 5.32 Å². The van der Waals surface area contributed by atoms with Crippen LogP contribution in [0, 0.1) is 11.3 Å². The SMILES string of the molecule is CCC1(CNC2=NCC(C(C)C)S2)CC1. The summed E-state index contributed by atoms with van der Waals surface area (Å²) in [5.41, 5.74) is 0.624. The van der Waals surface area contributed by atoms with Gasteiger partial charge >= 0.3 is 0 Å². The van der Waals surface area contributed by atoms with Crippen LogP contribution in [0.2, 0.25) is 0 Å². The van der Waals surface area contributed by atoms with Crippen molar-refractivity contribution < 1.29 is 0 Å². The van der Waals surface area contributed by atoms with Gasteiger partial charge in [-0.15, -0.1) is 0 Å². The van der Waals surface area contributed by atoms with Crippen LogP contribution in [0.25, 0.3) is 0 Å². The molecule has 1 aliphatic carbocycles. The maximum Gasteiger partial charge on any atom is 0.156 e. The molecule has 0 aromatic heterocycles. The lowest BCUT2D eigenvalue weighted by atomic mass is 10.0. The minimum Gasteiger partial charge on any atom is -0.364 e. The van der Waals surface area contributed by atoms with Crippen molar-refractivity contribution >= 4 is 16.9 Å². The first-order chi connectivity index (χ1) is 7.15. The average Bonchev–Trinajstić information content (AvgIpc) is 2.85. The quantitative estimate of drug-likeness (QED) is 0.797. The lowest BCUT2D eigenvalue weighted by Gasteiger charge is -2.15. The van der Waals surface area contributed by atoms with E-state index in [1.807, 2.05) is 11.8 Å². The zero-order chi connectivity index (χ0) is 10.9. The minimum atomic E-state index is 0.624. The smallest absolute Gasteiger partial charge is 0.156 e. The zero-order valence-corrected chi connectivity index (χ0v) is 10.9. The van der Waals surface area contributed by atoms with Gasteiger partial charge in [-0.1, -0.05) is 32.5 Å². The van der Waals surface area contributed by atoms with Crippen LogP contribution in [-0.2, 0) is 0 Å². The highest BCUT2D eigenvalue weighted by molar-refractivity contribution is 8.14. The van der Waals surface area contributed by atoms with E-state index in [-0.39, 0.29) is 0 Å². The number of amidine groups is 1. The third kappa shape index (κ3) is 2.68. The van der Waals surface area contributed by atoms with Gasteiger partial charge < -0.3 is 5.32 Å². The van der Waals surface area contributed by atoms with Crippen LogP contribution >= 0.6 is 11.8 Å². The molecule has 1 saturated carbocycles. The van der Waals surface area contributed by atoms with E-state index in [2.05, 4.69) is 31.1 Å². The van der Waals surface area contributed by atoms with Crippen molar-refractivity contribution in [1.29, 1.82) is 0 Å². The Morgan fingerprint density at radius 2 is 2.27 bits per heavy atom. The molecule has 2 nitrogen and oxygen atoms in total. The molecule has 2 rings (SSSR count). The third-order valence-corrected chi connectivity index (χ3v) is 5.24. The predicted octanol–water partition coefficient (Wildman–Crippen LogP) is 2.89. The molecule has 3 heteroatoms. The van der Waals surface area contributed by atoms with Crippen LogP contribution in [0.4, 0.5) is 0 Å². The number of aliphatic imine (C=N–C) groups is 1. The Kier molecular flexibility index (Phi) is 3.29. The summed E-state index contributed by atoms with van der Waals surface area (Å²) in [6.07, 6.45) is 4.12. The Balaban J connectivity index is 1.73. The van der Waals surface area contributed by atoms with E-state index in [0.29, 0.717) is 10.7 Å². The molecule has 1 unspecified atom stereocenters. The fourth-order valence-corrected chi connectivity index (χ4v) is 2.94. The molecule has 0 aromatic carbocycles. The van der Waals surface area contributed by atoms with Gasteiger partial charge in [-0.05, 0) is 30.6 Å². The van der Waals surface area contributed by atoms with Crippen molar-refractivity contribution in [1.82, 2.24) is 5.32 Å². The van der Waals surface area contributed by atoms with Crippen molar-refractivity contribution in [2.24, 2.45) is 16.3 Å². The Labute approximate surface area is 97.3 Å². The van der Waals surface area contributed by atoms with Gasteiger partial charge in [0.15, 0.2) is 5.17 Å². The Morgan fingerprint density at radius 3 is 2.73 bits per heavy atom. The summed E-state index contributed by atoms with van der Waals surface area (Å²) in [5, 5.41) is 5.42. The molecule has 0 saturated heterocycles. The number of hydrogen-bond donors (Lipinski definition) is 1. The van der Waals surface area contributed by atoms with Crippen molar-refractivity contribution in [3.63, 3.8) is 0 Å². The molecular weight excluding hydrogens is 204 g/mol.